The van der Waals surface area contributed by atoms with E-state index in [0.717, 1.165) is 30.8 Å². The lowest BCUT2D eigenvalue weighted by Crippen LogP contribution is -2.49. The molecule has 1 saturated heterocycles. The second-order valence-corrected chi connectivity index (χ2v) is 9.34. The molecule has 0 aliphatic carbocycles. The molecule has 35 heavy (non-hydrogen) atoms. The second kappa shape index (κ2) is 9.78. The van der Waals surface area contributed by atoms with Crippen LogP contribution in [0, 0.1) is 17.1 Å². The molecule has 3 heterocycles. The lowest BCUT2D eigenvalue weighted by molar-refractivity contribution is -0.133. The monoisotopic (exact) mass is 487 g/mol. The van der Waals surface area contributed by atoms with E-state index in [0.29, 0.717) is 34.4 Å². The standard InChI is InChI=1S/C26H22FN5O2S/c27-21-7-5-20(6-8-21)22-16-35-25-24(22)26(34)32(17-29-25)15-23(33)31-11-9-30(10-12-31)14-19-3-1-18(13-28)2-4-19/h1-8,16-17H,9-12,14-15H2. The maximum atomic E-state index is 13.3. The van der Waals surface area contributed by atoms with Gasteiger partial charge in [-0.3, -0.25) is 19.1 Å². The van der Waals surface area contributed by atoms with Crippen molar-refractivity contribution >= 4 is 27.5 Å². The van der Waals surface area contributed by atoms with Gasteiger partial charge in [0.2, 0.25) is 5.91 Å². The van der Waals surface area contributed by atoms with Crippen molar-refractivity contribution in [3.63, 3.8) is 0 Å². The number of carbonyl (C=O) groups excluding carboxylic acids is 1. The van der Waals surface area contributed by atoms with E-state index in [2.05, 4.69) is 16.0 Å². The molecule has 1 aliphatic rings. The second-order valence-electron chi connectivity index (χ2n) is 8.48. The lowest BCUT2D eigenvalue weighted by atomic mass is 10.1. The number of nitrogens with zero attached hydrogens (tertiary/aromatic N) is 5. The Balaban J connectivity index is 1.25. The Hall–Kier alpha value is -3.87. The molecule has 0 atom stereocenters. The highest BCUT2D eigenvalue weighted by Crippen LogP contribution is 2.30. The number of hydrogen-bond acceptors (Lipinski definition) is 6. The van der Waals surface area contributed by atoms with Crippen LogP contribution in [0.3, 0.4) is 0 Å². The minimum Gasteiger partial charge on any atom is -0.339 e. The van der Waals surface area contributed by atoms with Gasteiger partial charge in [-0.2, -0.15) is 5.26 Å². The molecule has 1 amide bonds. The normalized spacial score (nSPS) is 14.2. The number of nitriles is 1. The van der Waals surface area contributed by atoms with Gasteiger partial charge in [-0.05, 0) is 35.4 Å². The summed E-state index contributed by atoms with van der Waals surface area (Å²) in [5.41, 5.74) is 2.92. The third kappa shape index (κ3) is 4.85. The van der Waals surface area contributed by atoms with Crippen LogP contribution in [0.1, 0.15) is 11.1 Å². The summed E-state index contributed by atoms with van der Waals surface area (Å²) in [7, 11) is 0. The van der Waals surface area contributed by atoms with E-state index in [-0.39, 0.29) is 23.8 Å². The predicted molar refractivity (Wildman–Crippen MR) is 132 cm³/mol. The number of hydrogen-bond donors (Lipinski definition) is 0. The van der Waals surface area contributed by atoms with Crippen molar-refractivity contribution in [2.75, 3.05) is 26.2 Å². The van der Waals surface area contributed by atoms with Crippen LogP contribution >= 0.6 is 11.3 Å². The first kappa shape index (κ1) is 22.9. The zero-order valence-electron chi connectivity index (χ0n) is 18.9. The Bertz CT molecular complexity index is 1460. The van der Waals surface area contributed by atoms with Crippen molar-refractivity contribution in [3.05, 3.63) is 87.5 Å². The van der Waals surface area contributed by atoms with Crippen LogP contribution in [0.2, 0.25) is 0 Å². The first-order valence-corrected chi connectivity index (χ1v) is 12.1. The maximum absolute atomic E-state index is 13.3. The van der Waals surface area contributed by atoms with Gasteiger partial charge in [0.25, 0.3) is 5.56 Å². The Kier molecular flexibility index (Phi) is 6.40. The van der Waals surface area contributed by atoms with E-state index in [9.17, 15) is 14.0 Å². The van der Waals surface area contributed by atoms with Crippen molar-refractivity contribution in [3.8, 4) is 17.2 Å². The fourth-order valence-corrected chi connectivity index (χ4v) is 5.17. The van der Waals surface area contributed by atoms with Crippen LogP contribution in [0.5, 0.6) is 0 Å². The number of benzene rings is 2. The van der Waals surface area contributed by atoms with Crippen LogP contribution in [0.4, 0.5) is 4.39 Å². The third-order valence-electron chi connectivity index (χ3n) is 6.24. The largest absolute Gasteiger partial charge is 0.339 e. The number of halogens is 1. The van der Waals surface area contributed by atoms with Gasteiger partial charge >= 0.3 is 0 Å². The number of carbonyl (C=O) groups is 1. The van der Waals surface area contributed by atoms with Crippen molar-refractivity contribution in [2.45, 2.75) is 13.1 Å². The molecule has 4 aromatic rings. The van der Waals surface area contributed by atoms with Crippen LogP contribution in [-0.4, -0.2) is 51.4 Å². The molecule has 1 fully saturated rings. The summed E-state index contributed by atoms with van der Waals surface area (Å²) >= 11 is 1.35. The number of aromatic nitrogens is 2. The van der Waals surface area contributed by atoms with Crippen LogP contribution in [0.15, 0.2) is 65.0 Å². The first-order chi connectivity index (χ1) is 17.0. The number of amides is 1. The minimum atomic E-state index is -0.341. The van der Waals surface area contributed by atoms with E-state index in [1.165, 1.54) is 34.4 Å². The fourth-order valence-electron chi connectivity index (χ4n) is 4.27. The predicted octanol–water partition coefficient (Wildman–Crippen LogP) is 3.48. The number of piperazine rings is 1. The average Bonchev–Trinajstić information content (AvgIpc) is 3.32. The molecule has 0 spiro atoms. The van der Waals surface area contributed by atoms with E-state index in [4.69, 9.17) is 5.26 Å². The summed E-state index contributed by atoms with van der Waals surface area (Å²) in [5, 5.41) is 11.2. The minimum absolute atomic E-state index is 0.0733. The summed E-state index contributed by atoms with van der Waals surface area (Å²) in [6, 6.07) is 15.6. The number of thiophene rings is 1. The summed E-state index contributed by atoms with van der Waals surface area (Å²) in [5.74, 6) is -0.462. The van der Waals surface area contributed by atoms with Gasteiger partial charge in [0.05, 0.1) is 23.3 Å². The maximum Gasteiger partial charge on any atom is 0.263 e. The topological polar surface area (TPSA) is 82.2 Å². The summed E-state index contributed by atoms with van der Waals surface area (Å²) < 4.78 is 14.7. The lowest BCUT2D eigenvalue weighted by Gasteiger charge is -2.34. The molecule has 9 heteroatoms. The molecule has 1 aliphatic heterocycles. The molecule has 5 rings (SSSR count). The fraction of sp³-hybridized carbons (Fsp3) is 0.231. The first-order valence-electron chi connectivity index (χ1n) is 11.2. The van der Waals surface area contributed by atoms with Gasteiger partial charge in [-0.25, -0.2) is 9.37 Å². The van der Waals surface area contributed by atoms with Gasteiger partial charge in [-0.1, -0.05) is 24.3 Å². The zero-order valence-corrected chi connectivity index (χ0v) is 19.7. The third-order valence-corrected chi connectivity index (χ3v) is 7.12. The van der Waals surface area contributed by atoms with Crippen molar-refractivity contribution in [2.24, 2.45) is 0 Å². The van der Waals surface area contributed by atoms with Gasteiger partial charge in [0.1, 0.15) is 17.2 Å². The molecule has 0 unspecified atom stereocenters. The molecule has 0 N–H and O–H groups in total. The van der Waals surface area contributed by atoms with Crippen molar-refractivity contribution in [1.29, 1.82) is 5.26 Å². The van der Waals surface area contributed by atoms with Crippen molar-refractivity contribution < 1.29 is 9.18 Å². The highest BCUT2D eigenvalue weighted by molar-refractivity contribution is 7.17. The number of rotatable bonds is 5. The highest BCUT2D eigenvalue weighted by atomic mass is 32.1. The molecule has 176 valence electrons. The molecule has 2 aromatic heterocycles. The molecule has 0 radical (unpaired) electrons. The zero-order chi connectivity index (χ0) is 24.4. The van der Waals surface area contributed by atoms with Crippen molar-refractivity contribution in [1.82, 2.24) is 19.4 Å². The smallest absolute Gasteiger partial charge is 0.263 e. The van der Waals surface area contributed by atoms with Gasteiger partial charge < -0.3 is 4.90 Å². The van der Waals surface area contributed by atoms with Gasteiger partial charge in [0, 0.05) is 43.7 Å². The molecule has 2 aromatic carbocycles. The molecular formula is C26H22FN5O2S. The molecule has 0 saturated carbocycles. The summed E-state index contributed by atoms with van der Waals surface area (Å²) in [6.07, 6.45) is 1.43. The summed E-state index contributed by atoms with van der Waals surface area (Å²) in [4.78, 5) is 35.2. The Labute approximate surface area is 205 Å². The van der Waals surface area contributed by atoms with E-state index < -0.39 is 0 Å². The Morgan fingerprint density at radius 2 is 1.77 bits per heavy atom. The molecule has 0 bridgehead atoms. The van der Waals surface area contributed by atoms with Crippen LogP contribution in [-0.2, 0) is 17.9 Å². The van der Waals surface area contributed by atoms with Crippen LogP contribution < -0.4 is 5.56 Å². The van der Waals surface area contributed by atoms with Crippen LogP contribution in [0.25, 0.3) is 21.3 Å². The number of fused-ring (bicyclic) bond motifs is 1. The average molecular weight is 488 g/mol. The molecule has 7 nitrogen and oxygen atoms in total. The van der Waals surface area contributed by atoms with E-state index in [1.807, 2.05) is 29.6 Å². The Morgan fingerprint density at radius 3 is 2.46 bits per heavy atom. The van der Waals surface area contributed by atoms with E-state index >= 15 is 0 Å². The Morgan fingerprint density at radius 1 is 1.06 bits per heavy atom. The quantitative estimate of drug-likeness (QED) is 0.431. The van der Waals surface area contributed by atoms with Gasteiger partial charge in [0.15, 0.2) is 0 Å². The summed E-state index contributed by atoms with van der Waals surface area (Å²) in [6.45, 7) is 3.32. The highest BCUT2D eigenvalue weighted by Gasteiger charge is 2.22. The molecular weight excluding hydrogens is 465 g/mol. The SMILES string of the molecule is N#Cc1ccc(CN2CCN(C(=O)Cn3cnc4scc(-c5ccc(F)cc5)c4c3=O)CC2)cc1. The van der Waals surface area contributed by atoms with Gasteiger partial charge in [-0.15, -0.1) is 11.3 Å². The van der Waals surface area contributed by atoms with E-state index in [1.54, 1.807) is 17.0 Å².